The second-order valence-electron chi connectivity index (χ2n) is 8.27. The van der Waals surface area contributed by atoms with E-state index in [-0.39, 0.29) is 11.1 Å². The third-order valence-corrected chi connectivity index (χ3v) is 7.61. The minimum atomic E-state index is -0.0471. The number of hydrogen-bond donors (Lipinski definition) is 0. The van der Waals surface area contributed by atoms with Gasteiger partial charge < -0.3 is 0 Å². The molecule has 0 aliphatic carbocycles. The first-order chi connectivity index (χ1) is 11.7. The van der Waals surface area contributed by atoms with Crippen LogP contribution in [0.25, 0.3) is 0 Å². The van der Waals surface area contributed by atoms with Crippen molar-refractivity contribution < 1.29 is 0 Å². The summed E-state index contributed by atoms with van der Waals surface area (Å²) < 4.78 is 1.97. The lowest BCUT2D eigenvalue weighted by molar-refractivity contribution is 0.0413. The second kappa shape index (κ2) is 13.7. The third kappa shape index (κ3) is 9.39. The average molecular weight is 482 g/mol. The monoisotopic (exact) mass is 480 g/mol. The van der Waals surface area contributed by atoms with Gasteiger partial charge in [0.1, 0.15) is 0 Å². The summed E-state index contributed by atoms with van der Waals surface area (Å²) in [7, 11) is 0. The van der Waals surface area contributed by atoms with E-state index < -0.39 is 0 Å². The smallest absolute Gasteiger partial charge is 0.0553 e. The zero-order valence-corrected chi connectivity index (χ0v) is 20.6. The molecule has 0 aliphatic heterocycles. The van der Waals surface area contributed by atoms with Crippen LogP contribution in [0, 0.1) is 0 Å². The zero-order valence-electron chi connectivity index (χ0n) is 17.4. The van der Waals surface area contributed by atoms with Crippen LogP contribution in [0.15, 0.2) is 12.7 Å². The van der Waals surface area contributed by atoms with E-state index >= 15 is 0 Å². The Morgan fingerprint density at radius 3 is 1.60 bits per heavy atom. The predicted octanol–water partition coefficient (Wildman–Crippen LogP) is 7.87. The van der Waals surface area contributed by atoms with Crippen LogP contribution in [-0.4, -0.2) is 32.0 Å². The molecule has 0 radical (unpaired) electrons. The van der Waals surface area contributed by atoms with Gasteiger partial charge in [0.25, 0.3) is 0 Å². The van der Waals surface area contributed by atoms with Crippen LogP contribution >= 0.6 is 32.3 Å². The first-order valence-corrected chi connectivity index (χ1v) is 11.6. The molecule has 0 spiro atoms. The van der Waals surface area contributed by atoms with Crippen LogP contribution in [0.2, 0.25) is 0 Å². The highest BCUT2D eigenvalue weighted by molar-refractivity contribution is 9.21. The van der Waals surface area contributed by atoms with Crippen molar-refractivity contribution in [2.24, 2.45) is 0 Å². The van der Waals surface area contributed by atoms with E-state index in [1.54, 1.807) is 0 Å². The topological polar surface area (TPSA) is 6.48 Å². The molecule has 0 N–H and O–H groups in total. The Balaban J connectivity index is 4.15. The highest BCUT2D eigenvalue weighted by Gasteiger charge is 2.44. The fraction of sp³-hybridized carbons (Fsp3) is 0.905. The van der Waals surface area contributed by atoms with Gasteiger partial charge in [0.2, 0.25) is 0 Å². The van der Waals surface area contributed by atoms with Crippen LogP contribution in [-0.2, 0) is 0 Å². The summed E-state index contributed by atoms with van der Waals surface area (Å²) in [6, 6.07) is 0. The zero-order chi connectivity index (χ0) is 19.3. The molecule has 0 fully saturated rings. The van der Waals surface area contributed by atoms with E-state index in [4.69, 9.17) is 0 Å². The molecule has 25 heavy (non-hydrogen) atoms. The summed E-state index contributed by atoms with van der Waals surface area (Å²) in [5.41, 5.74) is -0.0258. The summed E-state index contributed by atoms with van der Waals surface area (Å²) in [6.45, 7) is 17.5. The largest absolute Gasteiger partial charge is 0.293 e. The van der Waals surface area contributed by atoms with Gasteiger partial charge in [-0.3, -0.25) is 4.90 Å². The lowest BCUT2D eigenvalue weighted by Gasteiger charge is -2.50. The van der Waals surface area contributed by atoms with Gasteiger partial charge >= 0.3 is 0 Å². The first-order valence-electron chi connectivity index (χ1n) is 10.2. The van der Waals surface area contributed by atoms with Gasteiger partial charge in [-0.15, -0.1) is 6.58 Å². The molecule has 0 unspecified atom stereocenters. The average Bonchev–Trinajstić information content (AvgIpc) is 2.55. The van der Waals surface area contributed by atoms with Gasteiger partial charge in [-0.05, 0) is 40.7 Å². The summed E-state index contributed by atoms with van der Waals surface area (Å²) in [5, 5.41) is 0. The van der Waals surface area contributed by atoms with Crippen molar-refractivity contribution in [1.29, 1.82) is 0 Å². The minimum absolute atomic E-state index is 0.0213. The van der Waals surface area contributed by atoms with Crippen LogP contribution in [0.3, 0.4) is 0 Å². The van der Waals surface area contributed by atoms with Gasteiger partial charge in [0.15, 0.2) is 0 Å². The molecule has 0 saturated heterocycles. The van der Waals surface area contributed by atoms with Gasteiger partial charge in [-0.2, -0.15) is 2.95 Å². The highest BCUT2D eigenvalue weighted by Crippen LogP contribution is 2.37. The van der Waals surface area contributed by atoms with E-state index in [2.05, 4.69) is 78.4 Å². The van der Waals surface area contributed by atoms with Gasteiger partial charge in [-0.25, -0.2) is 0 Å². The van der Waals surface area contributed by atoms with Crippen molar-refractivity contribution in [2.75, 3.05) is 13.1 Å². The molecule has 0 heterocycles. The Hall–Kier alpha value is 0.620. The van der Waals surface area contributed by atoms with E-state index in [0.717, 1.165) is 13.1 Å². The van der Waals surface area contributed by atoms with Gasteiger partial charge in [0, 0.05) is 44.4 Å². The Labute approximate surface area is 175 Å². The highest BCUT2D eigenvalue weighted by atomic mass is 79.9. The molecule has 0 aliphatic rings. The minimum Gasteiger partial charge on any atom is -0.293 e. The maximum Gasteiger partial charge on any atom is 0.0553 e. The maximum atomic E-state index is 3.96. The molecule has 0 aromatic rings. The summed E-state index contributed by atoms with van der Waals surface area (Å²) in [5.74, 6) is 0. The molecule has 150 valence electrons. The Bertz CT molecular complexity index is 341. The summed E-state index contributed by atoms with van der Waals surface area (Å²) >= 11 is 7.16. The van der Waals surface area contributed by atoms with E-state index in [1.165, 1.54) is 64.2 Å². The van der Waals surface area contributed by atoms with Crippen molar-refractivity contribution in [3.05, 3.63) is 12.7 Å². The SMILES string of the molecule is C=CCN(CCCCCCCCCCCC)C(C)(C)C(C)(C)N(Br)Br. The van der Waals surface area contributed by atoms with Crippen LogP contribution in [0.4, 0.5) is 0 Å². The van der Waals surface area contributed by atoms with Crippen molar-refractivity contribution in [2.45, 2.75) is 110 Å². The summed E-state index contributed by atoms with van der Waals surface area (Å²) in [6.07, 6.45) is 15.9. The molecule has 0 rings (SSSR count). The normalized spacial score (nSPS) is 13.0. The van der Waals surface area contributed by atoms with E-state index in [9.17, 15) is 0 Å². The van der Waals surface area contributed by atoms with Crippen molar-refractivity contribution in [3.8, 4) is 0 Å². The third-order valence-electron chi connectivity index (χ3n) is 5.84. The lowest BCUT2D eigenvalue weighted by atomic mass is 9.81. The molecule has 0 amide bonds. The molecule has 0 saturated carbocycles. The fourth-order valence-electron chi connectivity index (χ4n) is 3.14. The van der Waals surface area contributed by atoms with E-state index in [1.807, 2.05) is 9.03 Å². The summed E-state index contributed by atoms with van der Waals surface area (Å²) in [4.78, 5) is 2.56. The number of halogens is 2. The maximum absolute atomic E-state index is 3.96. The molecule has 0 bridgehead atoms. The molecule has 0 aromatic carbocycles. The second-order valence-corrected chi connectivity index (χ2v) is 10.6. The number of nitrogens with zero attached hydrogens (tertiary/aromatic N) is 2. The molecule has 2 nitrogen and oxygen atoms in total. The van der Waals surface area contributed by atoms with Gasteiger partial charge in [-0.1, -0.05) is 70.8 Å². The molecule has 4 heteroatoms. The number of hydrogen-bond acceptors (Lipinski definition) is 2. The fourth-order valence-corrected chi connectivity index (χ4v) is 4.01. The molecular formula is C21H42Br2N2. The van der Waals surface area contributed by atoms with Crippen LogP contribution in [0.1, 0.15) is 98.8 Å². The standard InChI is InChI=1S/C21H42Br2N2/c1-7-9-10-11-12-13-14-15-16-17-19-24(18-8-2)20(3,4)21(5,6)25(22)23/h8H,2,7,9-19H2,1,3-6H3. The Kier molecular flexibility index (Phi) is 14.1. The number of rotatable bonds is 16. The first kappa shape index (κ1) is 25.6. The number of unbranched alkanes of at least 4 members (excludes halogenated alkanes) is 9. The van der Waals surface area contributed by atoms with Crippen molar-refractivity contribution >= 4 is 32.3 Å². The van der Waals surface area contributed by atoms with Gasteiger partial charge in [0.05, 0.1) is 5.54 Å². The molecule has 0 aromatic heterocycles. The van der Waals surface area contributed by atoms with Crippen LogP contribution < -0.4 is 0 Å². The molecular weight excluding hydrogens is 440 g/mol. The Morgan fingerprint density at radius 1 is 0.760 bits per heavy atom. The van der Waals surface area contributed by atoms with Crippen molar-refractivity contribution in [1.82, 2.24) is 7.85 Å². The van der Waals surface area contributed by atoms with E-state index in [0.29, 0.717) is 0 Å². The lowest BCUT2D eigenvalue weighted by Crippen LogP contribution is -2.61. The van der Waals surface area contributed by atoms with Crippen molar-refractivity contribution in [3.63, 3.8) is 0 Å². The predicted molar refractivity (Wildman–Crippen MR) is 121 cm³/mol. The Morgan fingerprint density at radius 2 is 1.20 bits per heavy atom. The quantitative estimate of drug-likeness (QED) is 0.125. The molecule has 0 atom stereocenters. The van der Waals surface area contributed by atoms with Crippen LogP contribution in [0.5, 0.6) is 0 Å².